The van der Waals surface area contributed by atoms with Crippen LogP contribution < -0.4 is 4.90 Å². The lowest BCUT2D eigenvalue weighted by Gasteiger charge is -2.18. The maximum atomic E-state index is 11.0. The van der Waals surface area contributed by atoms with Crippen LogP contribution in [0.15, 0.2) is 18.2 Å². The highest BCUT2D eigenvalue weighted by Crippen LogP contribution is 2.28. The Morgan fingerprint density at radius 3 is 2.53 bits per heavy atom. The van der Waals surface area contributed by atoms with Gasteiger partial charge < -0.3 is 10.0 Å². The first-order valence-electron chi connectivity index (χ1n) is 5.45. The first kappa shape index (κ1) is 12.5. The van der Waals surface area contributed by atoms with Gasteiger partial charge in [-0.1, -0.05) is 0 Å². The van der Waals surface area contributed by atoms with E-state index in [0.29, 0.717) is 5.56 Å². The lowest BCUT2D eigenvalue weighted by Crippen LogP contribution is -2.17. The summed E-state index contributed by atoms with van der Waals surface area (Å²) < 4.78 is 22.1. The number of anilines is 1. The second-order valence-corrected chi connectivity index (χ2v) is 6.97. The molecule has 0 bridgehead atoms. The summed E-state index contributed by atoms with van der Waals surface area (Å²) in [5, 5.41) is 9.60. The van der Waals surface area contributed by atoms with Crippen LogP contribution in [0.25, 0.3) is 0 Å². The molecule has 94 valence electrons. The van der Waals surface area contributed by atoms with Gasteiger partial charge in [-0.2, -0.15) is 0 Å². The minimum absolute atomic E-state index is 0.0304. The molecule has 6 heteroatoms. The molecular weight excluding hydrogens is 262 g/mol. The molecule has 1 aromatic carbocycles. The van der Waals surface area contributed by atoms with Crippen LogP contribution >= 0.6 is 10.7 Å². The normalized spacial score (nSPS) is 16.4. The number of rotatable bonds is 3. The number of benzene rings is 1. The molecule has 0 saturated carbocycles. The first-order valence-corrected chi connectivity index (χ1v) is 7.93. The molecule has 1 heterocycles. The Labute approximate surface area is 105 Å². The topological polar surface area (TPSA) is 57.6 Å². The molecule has 0 aliphatic carbocycles. The maximum Gasteiger partial charge on any atom is 0.236 e. The van der Waals surface area contributed by atoms with Crippen molar-refractivity contribution in [3.8, 4) is 5.75 Å². The van der Waals surface area contributed by atoms with Gasteiger partial charge in [-0.05, 0) is 31.0 Å². The molecule has 0 amide bonds. The zero-order valence-corrected chi connectivity index (χ0v) is 10.8. The SMILES string of the molecule is O=S(=O)(Cl)Cc1cc(N2CCCC2)ccc1O. The third-order valence-corrected chi connectivity index (χ3v) is 3.85. The van der Waals surface area contributed by atoms with Crippen LogP contribution in [-0.4, -0.2) is 26.6 Å². The molecule has 0 atom stereocenters. The second-order valence-electron chi connectivity index (χ2n) is 4.19. The summed E-state index contributed by atoms with van der Waals surface area (Å²) in [5.74, 6) is -0.376. The van der Waals surface area contributed by atoms with Gasteiger partial charge >= 0.3 is 0 Å². The van der Waals surface area contributed by atoms with E-state index in [1.807, 2.05) is 0 Å². The van der Waals surface area contributed by atoms with Crippen molar-refractivity contribution >= 4 is 25.4 Å². The van der Waals surface area contributed by atoms with Gasteiger partial charge in [-0.15, -0.1) is 0 Å². The van der Waals surface area contributed by atoms with Crippen LogP contribution in [-0.2, 0) is 14.8 Å². The highest BCUT2D eigenvalue weighted by molar-refractivity contribution is 8.13. The molecule has 1 fully saturated rings. The van der Waals surface area contributed by atoms with Gasteiger partial charge in [0.2, 0.25) is 9.05 Å². The summed E-state index contributed by atoms with van der Waals surface area (Å²) in [7, 11) is 1.55. The van der Waals surface area contributed by atoms with Crippen LogP contribution in [0.2, 0.25) is 0 Å². The van der Waals surface area contributed by atoms with E-state index < -0.39 is 9.05 Å². The summed E-state index contributed by atoms with van der Waals surface area (Å²) in [6, 6.07) is 5.01. The molecule has 0 unspecified atom stereocenters. The van der Waals surface area contributed by atoms with Gasteiger partial charge in [-0.25, -0.2) is 8.42 Å². The molecule has 4 nitrogen and oxygen atoms in total. The molecular formula is C11H14ClNO3S. The van der Waals surface area contributed by atoms with Crippen molar-refractivity contribution in [2.24, 2.45) is 0 Å². The quantitative estimate of drug-likeness (QED) is 0.858. The standard InChI is InChI=1S/C11H14ClNO3S/c12-17(15,16)8-9-7-10(3-4-11(9)14)13-5-1-2-6-13/h3-4,7,14H,1-2,5-6,8H2. The van der Waals surface area contributed by atoms with E-state index in [1.54, 1.807) is 12.1 Å². The Morgan fingerprint density at radius 1 is 1.29 bits per heavy atom. The number of hydrogen-bond donors (Lipinski definition) is 1. The van der Waals surface area contributed by atoms with Crippen LogP contribution in [0.5, 0.6) is 5.75 Å². The summed E-state index contributed by atoms with van der Waals surface area (Å²) in [5.41, 5.74) is 1.29. The number of nitrogens with zero attached hydrogens (tertiary/aromatic N) is 1. The molecule has 1 saturated heterocycles. The average molecular weight is 276 g/mol. The van der Waals surface area contributed by atoms with Crippen LogP contribution in [0, 0.1) is 0 Å². The Balaban J connectivity index is 2.28. The highest BCUT2D eigenvalue weighted by atomic mass is 35.7. The Morgan fingerprint density at radius 2 is 1.94 bits per heavy atom. The molecule has 17 heavy (non-hydrogen) atoms. The van der Waals surface area contributed by atoms with E-state index in [9.17, 15) is 13.5 Å². The van der Waals surface area contributed by atoms with Crippen LogP contribution in [0.1, 0.15) is 18.4 Å². The minimum Gasteiger partial charge on any atom is -0.508 e. The smallest absolute Gasteiger partial charge is 0.236 e. The highest BCUT2D eigenvalue weighted by Gasteiger charge is 2.16. The van der Waals surface area contributed by atoms with Gasteiger partial charge in [-0.3, -0.25) is 0 Å². The maximum absolute atomic E-state index is 11.0. The summed E-state index contributed by atoms with van der Waals surface area (Å²) >= 11 is 0. The van der Waals surface area contributed by atoms with Crippen molar-refractivity contribution in [3.05, 3.63) is 23.8 Å². The largest absolute Gasteiger partial charge is 0.508 e. The van der Waals surface area contributed by atoms with Crippen molar-refractivity contribution in [1.82, 2.24) is 0 Å². The fourth-order valence-corrected chi connectivity index (χ4v) is 3.00. The third-order valence-electron chi connectivity index (χ3n) is 2.86. The molecule has 0 spiro atoms. The van der Waals surface area contributed by atoms with Crippen molar-refractivity contribution in [3.63, 3.8) is 0 Å². The van der Waals surface area contributed by atoms with Gasteiger partial charge in [0.15, 0.2) is 0 Å². The van der Waals surface area contributed by atoms with Crippen molar-refractivity contribution in [2.45, 2.75) is 18.6 Å². The van der Waals surface area contributed by atoms with Gasteiger partial charge in [0.1, 0.15) is 5.75 Å². The fourth-order valence-electron chi connectivity index (χ4n) is 2.05. The number of phenolic OH excluding ortho intramolecular Hbond substituents is 1. The van der Waals surface area contributed by atoms with Crippen LogP contribution in [0.3, 0.4) is 0 Å². The predicted octanol–water partition coefficient (Wildman–Crippen LogP) is 2.06. The first-order chi connectivity index (χ1) is 7.96. The summed E-state index contributed by atoms with van der Waals surface area (Å²) in [6.45, 7) is 1.94. The number of halogens is 1. The molecule has 1 N–H and O–H groups in total. The molecule has 1 aromatic rings. The van der Waals surface area contributed by atoms with Gasteiger partial charge in [0.25, 0.3) is 0 Å². The van der Waals surface area contributed by atoms with Gasteiger partial charge in [0.05, 0.1) is 5.75 Å². The molecule has 1 aliphatic heterocycles. The lowest BCUT2D eigenvalue weighted by molar-refractivity contribution is 0.470. The minimum atomic E-state index is -3.65. The number of aromatic hydroxyl groups is 1. The van der Waals surface area contributed by atoms with E-state index in [-0.39, 0.29) is 11.5 Å². The Hall–Kier alpha value is -0.940. The van der Waals surface area contributed by atoms with Crippen molar-refractivity contribution in [1.29, 1.82) is 0 Å². The monoisotopic (exact) mass is 275 g/mol. The molecule has 2 rings (SSSR count). The third kappa shape index (κ3) is 3.26. The van der Waals surface area contributed by atoms with E-state index in [4.69, 9.17) is 10.7 Å². The van der Waals surface area contributed by atoms with E-state index in [2.05, 4.69) is 4.90 Å². The van der Waals surface area contributed by atoms with Crippen molar-refractivity contribution in [2.75, 3.05) is 18.0 Å². The Kier molecular flexibility index (Phi) is 3.49. The lowest BCUT2D eigenvalue weighted by atomic mass is 10.2. The number of hydrogen-bond acceptors (Lipinski definition) is 4. The van der Waals surface area contributed by atoms with Crippen molar-refractivity contribution < 1.29 is 13.5 Å². The summed E-state index contributed by atoms with van der Waals surface area (Å²) in [4.78, 5) is 2.17. The Bertz CT molecular complexity index is 509. The zero-order valence-electron chi connectivity index (χ0n) is 9.26. The van der Waals surface area contributed by atoms with Gasteiger partial charge in [0, 0.05) is 35.0 Å². The van der Waals surface area contributed by atoms with E-state index in [0.717, 1.165) is 31.6 Å². The zero-order chi connectivity index (χ0) is 12.5. The van der Waals surface area contributed by atoms with E-state index in [1.165, 1.54) is 6.07 Å². The summed E-state index contributed by atoms with van der Waals surface area (Å²) in [6.07, 6.45) is 2.29. The molecule has 0 aromatic heterocycles. The second kappa shape index (κ2) is 4.74. The predicted molar refractivity (Wildman–Crippen MR) is 68.0 cm³/mol. The molecule has 0 radical (unpaired) electrons. The molecule has 1 aliphatic rings. The average Bonchev–Trinajstić information content (AvgIpc) is 2.72. The van der Waals surface area contributed by atoms with E-state index >= 15 is 0 Å². The fraction of sp³-hybridized carbons (Fsp3) is 0.455. The number of phenols is 1. The van der Waals surface area contributed by atoms with Crippen LogP contribution in [0.4, 0.5) is 5.69 Å².